The van der Waals surface area contributed by atoms with Crippen LogP contribution in [0.1, 0.15) is 25.0 Å². The van der Waals surface area contributed by atoms with Gasteiger partial charge in [-0.05, 0) is 31.4 Å². The topological polar surface area (TPSA) is 71.8 Å². The standard InChI is InChI=1S/C20H21FN6/c21-13-3-7-27(12-13)14-4-8-26(9-5-14)19-16(10-22)24-11-17-18(19)15-2-1-6-23-20(15)25-17/h1-2,6,11,13-14H,3-5,7-9,12H2,(H,23,25)/t13-/m1/s1. The molecule has 6 nitrogen and oxygen atoms in total. The minimum absolute atomic E-state index is 0.435. The van der Waals surface area contributed by atoms with Crippen LogP contribution in [0.5, 0.6) is 0 Å². The molecule has 0 saturated carbocycles. The largest absolute Gasteiger partial charge is 0.368 e. The summed E-state index contributed by atoms with van der Waals surface area (Å²) in [5, 5.41) is 11.7. The number of nitrogens with zero attached hydrogens (tertiary/aromatic N) is 5. The summed E-state index contributed by atoms with van der Waals surface area (Å²) in [6, 6.07) is 6.65. The third-order valence-electron chi connectivity index (χ3n) is 5.95. The van der Waals surface area contributed by atoms with Crippen molar-refractivity contribution in [3.8, 4) is 6.07 Å². The maximum absolute atomic E-state index is 13.6. The average molecular weight is 364 g/mol. The summed E-state index contributed by atoms with van der Waals surface area (Å²) in [4.78, 5) is 16.7. The molecule has 0 radical (unpaired) electrons. The summed E-state index contributed by atoms with van der Waals surface area (Å²) in [6.45, 7) is 3.13. The Morgan fingerprint density at radius 2 is 2.04 bits per heavy atom. The van der Waals surface area contributed by atoms with Crippen LogP contribution in [-0.2, 0) is 0 Å². The molecule has 0 aliphatic carbocycles. The van der Waals surface area contributed by atoms with E-state index in [0.717, 1.165) is 60.1 Å². The molecule has 3 aromatic rings. The van der Waals surface area contributed by atoms with Gasteiger partial charge in [0.15, 0.2) is 5.69 Å². The van der Waals surface area contributed by atoms with Crippen LogP contribution in [0, 0.1) is 11.3 Å². The number of alkyl halides is 1. The van der Waals surface area contributed by atoms with Gasteiger partial charge in [-0.3, -0.25) is 4.90 Å². The Bertz CT molecular complexity index is 1030. The quantitative estimate of drug-likeness (QED) is 0.757. The Morgan fingerprint density at radius 1 is 1.19 bits per heavy atom. The van der Waals surface area contributed by atoms with Crippen molar-refractivity contribution in [3.63, 3.8) is 0 Å². The van der Waals surface area contributed by atoms with Crippen molar-refractivity contribution in [2.45, 2.75) is 31.5 Å². The van der Waals surface area contributed by atoms with Crippen LogP contribution in [-0.4, -0.2) is 58.2 Å². The van der Waals surface area contributed by atoms with E-state index in [1.807, 2.05) is 12.1 Å². The number of halogens is 1. The number of nitrogens with one attached hydrogen (secondary N) is 1. The third kappa shape index (κ3) is 2.72. The Balaban J connectivity index is 1.50. The second-order valence-electron chi connectivity index (χ2n) is 7.48. The van der Waals surface area contributed by atoms with E-state index < -0.39 is 6.17 Å². The highest BCUT2D eigenvalue weighted by molar-refractivity contribution is 6.13. The second kappa shape index (κ2) is 6.46. The van der Waals surface area contributed by atoms with Crippen molar-refractivity contribution in [1.29, 1.82) is 5.26 Å². The Labute approximate surface area is 156 Å². The number of aromatic nitrogens is 3. The van der Waals surface area contributed by atoms with E-state index in [2.05, 4.69) is 30.8 Å². The van der Waals surface area contributed by atoms with Crippen molar-refractivity contribution in [1.82, 2.24) is 19.9 Å². The van der Waals surface area contributed by atoms with Gasteiger partial charge in [-0.15, -0.1) is 0 Å². The molecule has 7 heteroatoms. The number of fused-ring (bicyclic) bond motifs is 3. The van der Waals surface area contributed by atoms with Crippen LogP contribution in [0.3, 0.4) is 0 Å². The number of pyridine rings is 2. The molecule has 27 heavy (non-hydrogen) atoms. The van der Waals surface area contributed by atoms with Gasteiger partial charge in [0, 0.05) is 49.2 Å². The first kappa shape index (κ1) is 16.5. The fourth-order valence-corrected chi connectivity index (χ4v) is 4.62. The lowest BCUT2D eigenvalue weighted by Crippen LogP contribution is -2.44. The Kier molecular flexibility index (Phi) is 3.94. The molecule has 5 heterocycles. The predicted octanol–water partition coefficient (Wildman–Crippen LogP) is 3.00. The van der Waals surface area contributed by atoms with Crippen LogP contribution in [0.2, 0.25) is 0 Å². The highest BCUT2D eigenvalue weighted by Crippen LogP contribution is 2.36. The highest BCUT2D eigenvalue weighted by atomic mass is 19.1. The number of hydrogen-bond donors (Lipinski definition) is 1. The van der Waals surface area contributed by atoms with Crippen LogP contribution >= 0.6 is 0 Å². The van der Waals surface area contributed by atoms with Gasteiger partial charge in [0.05, 0.1) is 17.4 Å². The van der Waals surface area contributed by atoms with Gasteiger partial charge >= 0.3 is 0 Å². The number of anilines is 1. The highest BCUT2D eigenvalue weighted by Gasteiger charge is 2.32. The molecule has 2 aliphatic rings. The van der Waals surface area contributed by atoms with Gasteiger partial charge in [0.25, 0.3) is 0 Å². The number of nitriles is 1. The number of likely N-dealkylation sites (tertiary alicyclic amines) is 1. The van der Waals surface area contributed by atoms with Crippen LogP contribution in [0.15, 0.2) is 24.5 Å². The second-order valence-corrected chi connectivity index (χ2v) is 7.48. The number of H-pyrrole nitrogens is 1. The molecule has 1 atom stereocenters. The number of aromatic amines is 1. The van der Waals surface area contributed by atoms with E-state index in [4.69, 9.17) is 0 Å². The molecule has 5 rings (SSSR count). The van der Waals surface area contributed by atoms with E-state index in [-0.39, 0.29) is 0 Å². The summed E-state index contributed by atoms with van der Waals surface area (Å²) >= 11 is 0. The lowest BCUT2D eigenvalue weighted by molar-refractivity contribution is 0.192. The Morgan fingerprint density at radius 3 is 2.78 bits per heavy atom. The molecule has 2 aliphatic heterocycles. The van der Waals surface area contributed by atoms with Gasteiger partial charge in [-0.25, -0.2) is 14.4 Å². The lowest BCUT2D eigenvalue weighted by atomic mass is 10.0. The summed E-state index contributed by atoms with van der Waals surface area (Å²) < 4.78 is 13.6. The molecule has 3 aromatic heterocycles. The molecular formula is C20H21FN6. The fourth-order valence-electron chi connectivity index (χ4n) is 4.62. The average Bonchev–Trinajstić information content (AvgIpc) is 3.31. The number of piperidine rings is 1. The number of hydrogen-bond acceptors (Lipinski definition) is 5. The monoisotopic (exact) mass is 364 g/mol. The molecule has 0 amide bonds. The maximum Gasteiger partial charge on any atom is 0.164 e. The zero-order valence-corrected chi connectivity index (χ0v) is 15.0. The van der Waals surface area contributed by atoms with E-state index in [9.17, 15) is 9.65 Å². The molecule has 2 saturated heterocycles. The summed E-state index contributed by atoms with van der Waals surface area (Å²) in [5.41, 5.74) is 3.07. The number of rotatable bonds is 2. The van der Waals surface area contributed by atoms with Crippen LogP contribution < -0.4 is 4.90 Å². The lowest BCUT2D eigenvalue weighted by Gasteiger charge is -2.38. The third-order valence-corrected chi connectivity index (χ3v) is 5.95. The normalized spacial score (nSPS) is 21.9. The molecule has 2 fully saturated rings. The summed E-state index contributed by atoms with van der Waals surface area (Å²) in [7, 11) is 0. The summed E-state index contributed by atoms with van der Waals surface area (Å²) in [5.74, 6) is 0. The minimum Gasteiger partial charge on any atom is -0.368 e. The maximum atomic E-state index is 13.6. The van der Waals surface area contributed by atoms with Gasteiger partial charge in [-0.2, -0.15) is 5.26 Å². The van der Waals surface area contributed by atoms with Gasteiger partial charge in [-0.1, -0.05) is 0 Å². The van der Waals surface area contributed by atoms with Crippen molar-refractivity contribution in [2.75, 3.05) is 31.1 Å². The molecule has 138 valence electrons. The predicted molar refractivity (Wildman–Crippen MR) is 102 cm³/mol. The van der Waals surface area contributed by atoms with Gasteiger partial charge in [0.1, 0.15) is 17.9 Å². The zero-order chi connectivity index (χ0) is 18.4. The first-order valence-electron chi connectivity index (χ1n) is 9.53. The van der Waals surface area contributed by atoms with E-state index >= 15 is 0 Å². The van der Waals surface area contributed by atoms with E-state index in [0.29, 0.717) is 24.7 Å². The Hall–Kier alpha value is -2.72. The first-order chi connectivity index (χ1) is 13.2. The SMILES string of the molecule is N#Cc1ncc2[nH]c3ncccc3c2c1N1CCC(N2CC[C@@H](F)C2)CC1. The zero-order valence-electron chi connectivity index (χ0n) is 15.0. The molecule has 1 N–H and O–H groups in total. The molecular weight excluding hydrogens is 343 g/mol. The van der Waals surface area contributed by atoms with Crippen LogP contribution in [0.25, 0.3) is 21.9 Å². The molecule has 0 bridgehead atoms. The minimum atomic E-state index is -0.676. The smallest absolute Gasteiger partial charge is 0.164 e. The van der Waals surface area contributed by atoms with Crippen molar-refractivity contribution in [3.05, 3.63) is 30.2 Å². The molecule has 0 spiro atoms. The van der Waals surface area contributed by atoms with E-state index in [1.165, 1.54) is 0 Å². The van der Waals surface area contributed by atoms with Gasteiger partial charge < -0.3 is 9.88 Å². The van der Waals surface area contributed by atoms with Crippen molar-refractivity contribution in [2.24, 2.45) is 0 Å². The summed E-state index contributed by atoms with van der Waals surface area (Å²) in [6.07, 6.45) is 5.42. The van der Waals surface area contributed by atoms with E-state index in [1.54, 1.807) is 12.4 Å². The van der Waals surface area contributed by atoms with Gasteiger partial charge in [0.2, 0.25) is 0 Å². The molecule has 0 aromatic carbocycles. The van der Waals surface area contributed by atoms with Crippen molar-refractivity contribution < 1.29 is 4.39 Å². The fraction of sp³-hybridized carbons (Fsp3) is 0.450. The first-order valence-corrected chi connectivity index (χ1v) is 9.53. The van der Waals surface area contributed by atoms with Crippen LogP contribution in [0.4, 0.5) is 10.1 Å². The molecule has 0 unspecified atom stereocenters. The van der Waals surface area contributed by atoms with Crippen molar-refractivity contribution >= 4 is 27.6 Å².